The summed E-state index contributed by atoms with van der Waals surface area (Å²) in [5.41, 5.74) is 0.718. The van der Waals surface area contributed by atoms with E-state index in [9.17, 15) is 9.59 Å². The van der Waals surface area contributed by atoms with Crippen molar-refractivity contribution in [1.82, 2.24) is 9.88 Å². The number of methoxy groups -OCH3 is 2. The first-order valence-electron chi connectivity index (χ1n) is 7.86. The highest BCUT2D eigenvalue weighted by Crippen LogP contribution is 2.17. The van der Waals surface area contributed by atoms with Crippen LogP contribution in [-0.4, -0.2) is 49.3 Å². The second-order valence-corrected chi connectivity index (χ2v) is 6.24. The van der Waals surface area contributed by atoms with Crippen molar-refractivity contribution >= 4 is 33.6 Å². The molecule has 1 N–H and O–H groups in total. The number of hydrogen-bond acceptors (Lipinski definition) is 6. The largest absolute Gasteiger partial charge is 0.464 e. The first-order valence-corrected chi connectivity index (χ1v) is 8.66. The van der Waals surface area contributed by atoms with E-state index in [4.69, 9.17) is 9.15 Å². The van der Waals surface area contributed by atoms with Crippen LogP contribution in [0.5, 0.6) is 0 Å². The Morgan fingerprint density at radius 2 is 2.15 bits per heavy atom. The SMILES string of the molecule is COCCCN(Cc1nc(C(=O)OC)co1)C(=O)Nc1cccc(Br)c1. The fourth-order valence-electron chi connectivity index (χ4n) is 2.17. The van der Waals surface area contributed by atoms with Gasteiger partial charge < -0.3 is 24.1 Å². The van der Waals surface area contributed by atoms with Gasteiger partial charge >= 0.3 is 12.0 Å². The minimum atomic E-state index is -0.593. The summed E-state index contributed by atoms with van der Waals surface area (Å²) in [7, 11) is 2.86. The molecule has 0 atom stereocenters. The van der Waals surface area contributed by atoms with Gasteiger partial charge in [0.1, 0.15) is 6.26 Å². The number of carbonyl (C=O) groups excluding carboxylic acids is 2. The second-order valence-electron chi connectivity index (χ2n) is 5.33. The smallest absolute Gasteiger partial charge is 0.360 e. The van der Waals surface area contributed by atoms with Crippen molar-refractivity contribution in [3.8, 4) is 0 Å². The molecule has 0 saturated carbocycles. The van der Waals surface area contributed by atoms with Gasteiger partial charge in [0.2, 0.25) is 5.89 Å². The van der Waals surface area contributed by atoms with E-state index in [0.717, 1.165) is 4.47 Å². The number of esters is 1. The highest BCUT2D eigenvalue weighted by atomic mass is 79.9. The zero-order chi connectivity index (χ0) is 18.9. The Morgan fingerprint density at radius 1 is 1.35 bits per heavy atom. The van der Waals surface area contributed by atoms with E-state index in [2.05, 4.69) is 31.0 Å². The maximum atomic E-state index is 12.6. The summed E-state index contributed by atoms with van der Waals surface area (Å²) in [6.45, 7) is 1.06. The van der Waals surface area contributed by atoms with Gasteiger partial charge in [-0.05, 0) is 24.6 Å². The third kappa shape index (κ3) is 5.85. The van der Waals surface area contributed by atoms with Crippen LogP contribution < -0.4 is 5.32 Å². The molecule has 0 aliphatic carbocycles. The molecule has 1 heterocycles. The Balaban J connectivity index is 2.07. The Hall–Kier alpha value is -2.39. The molecule has 0 spiro atoms. The number of anilines is 1. The molecule has 0 saturated heterocycles. The van der Waals surface area contributed by atoms with Gasteiger partial charge in [0.25, 0.3) is 0 Å². The Kier molecular flexibility index (Phi) is 7.61. The number of urea groups is 1. The number of nitrogens with zero attached hydrogens (tertiary/aromatic N) is 2. The Labute approximate surface area is 159 Å². The quantitative estimate of drug-likeness (QED) is 0.514. The highest BCUT2D eigenvalue weighted by molar-refractivity contribution is 9.10. The first kappa shape index (κ1) is 19.9. The fraction of sp³-hybridized carbons (Fsp3) is 0.353. The van der Waals surface area contributed by atoms with Crippen LogP contribution in [0.15, 0.2) is 39.4 Å². The van der Waals surface area contributed by atoms with Gasteiger partial charge in [-0.15, -0.1) is 0 Å². The van der Waals surface area contributed by atoms with Crippen LogP contribution in [0.25, 0.3) is 0 Å². The molecule has 0 radical (unpaired) electrons. The van der Waals surface area contributed by atoms with Crippen LogP contribution in [0, 0.1) is 0 Å². The number of nitrogens with one attached hydrogen (secondary N) is 1. The van der Waals surface area contributed by atoms with Crippen LogP contribution in [0.1, 0.15) is 22.8 Å². The molecular formula is C17H20BrN3O5. The number of halogens is 1. The minimum Gasteiger partial charge on any atom is -0.464 e. The third-order valence-corrected chi connectivity index (χ3v) is 3.91. The van der Waals surface area contributed by atoms with Crippen molar-refractivity contribution in [3.05, 3.63) is 46.6 Å². The topological polar surface area (TPSA) is 93.9 Å². The zero-order valence-corrected chi connectivity index (χ0v) is 16.1. The van der Waals surface area contributed by atoms with Crippen molar-refractivity contribution in [1.29, 1.82) is 0 Å². The number of amides is 2. The first-order chi connectivity index (χ1) is 12.5. The summed E-state index contributed by atoms with van der Waals surface area (Å²) in [6, 6.07) is 6.97. The van der Waals surface area contributed by atoms with Crippen molar-refractivity contribution in [2.24, 2.45) is 0 Å². The number of oxazole rings is 1. The number of carbonyl (C=O) groups is 2. The summed E-state index contributed by atoms with van der Waals surface area (Å²) in [5, 5.41) is 2.83. The lowest BCUT2D eigenvalue weighted by molar-refractivity contribution is 0.0594. The molecule has 140 valence electrons. The van der Waals surface area contributed by atoms with Gasteiger partial charge in [-0.25, -0.2) is 14.6 Å². The van der Waals surface area contributed by atoms with Crippen LogP contribution in [0.4, 0.5) is 10.5 Å². The summed E-state index contributed by atoms with van der Waals surface area (Å²) in [4.78, 5) is 29.7. The number of benzene rings is 1. The lowest BCUT2D eigenvalue weighted by Gasteiger charge is -2.21. The molecule has 0 fully saturated rings. The summed E-state index contributed by atoms with van der Waals surface area (Å²) >= 11 is 3.37. The number of hydrogen-bond donors (Lipinski definition) is 1. The molecule has 1 aromatic carbocycles. The molecule has 2 aromatic rings. The molecule has 0 aliphatic heterocycles. The Morgan fingerprint density at radius 3 is 2.85 bits per heavy atom. The van der Waals surface area contributed by atoms with Gasteiger partial charge in [0.05, 0.1) is 13.7 Å². The fourth-order valence-corrected chi connectivity index (χ4v) is 2.57. The second kappa shape index (κ2) is 9.93. The molecule has 2 amide bonds. The van der Waals surface area contributed by atoms with Crippen LogP contribution in [0.2, 0.25) is 0 Å². The lowest BCUT2D eigenvalue weighted by atomic mass is 10.3. The lowest BCUT2D eigenvalue weighted by Crippen LogP contribution is -2.35. The van der Waals surface area contributed by atoms with E-state index in [-0.39, 0.29) is 24.2 Å². The molecule has 0 unspecified atom stereocenters. The summed E-state index contributed by atoms with van der Waals surface area (Å²) in [6.07, 6.45) is 1.85. The number of aromatic nitrogens is 1. The molecule has 0 aliphatic rings. The van der Waals surface area contributed by atoms with E-state index in [0.29, 0.717) is 25.3 Å². The Bertz CT molecular complexity index is 750. The average molecular weight is 426 g/mol. The zero-order valence-electron chi connectivity index (χ0n) is 14.5. The molecule has 9 heteroatoms. The van der Waals surface area contributed by atoms with Crippen molar-refractivity contribution in [3.63, 3.8) is 0 Å². The standard InChI is InChI=1S/C17H20BrN3O5/c1-24-8-4-7-21(10-15-20-14(11-26-15)16(22)25-2)17(23)19-13-6-3-5-12(18)9-13/h3,5-6,9,11H,4,7-8,10H2,1-2H3,(H,19,23). The van der Waals surface area contributed by atoms with E-state index in [1.165, 1.54) is 18.3 Å². The predicted octanol–water partition coefficient (Wildman–Crippen LogP) is 3.29. The van der Waals surface area contributed by atoms with Crippen LogP contribution in [-0.2, 0) is 16.0 Å². The summed E-state index contributed by atoms with van der Waals surface area (Å²) in [5.74, 6) is -0.350. The maximum Gasteiger partial charge on any atom is 0.360 e. The molecule has 26 heavy (non-hydrogen) atoms. The van der Waals surface area contributed by atoms with Gasteiger partial charge in [0, 0.05) is 30.4 Å². The van der Waals surface area contributed by atoms with Crippen molar-refractivity contribution < 1.29 is 23.5 Å². The van der Waals surface area contributed by atoms with Gasteiger partial charge in [-0.1, -0.05) is 22.0 Å². The maximum absolute atomic E-state index is 12.6. The molecular weight excluding hydrogens is 406 g/mol. The van der Waals surface area contributed by atoms with E-state index < -0.39 is 5.97 Å². The molecule has 8 nitrogen and oxygen atoms in total. The normalized spacial score (nSPS) is 10.4. The third-order valence-electron chi connectivity index (χ3n) is 3.41. The number of ether oxygens (including phenoxy) is 2. The van der Waals surface area contributed by atoms with Gasteiger partial charge in [0.15, 0.2) is 5.69 Å². The molecule has 1 aromatic heterocycles. The highest BCUT2D eigenvalue weighted by Gasteiger charge is 2.19. The van der Waals surface area contributed by atoms with Crippen molar-refractivity contribution in [2.75, 3.05) is 32.7 Å². The number of rotatable bonds is 8. The van der Waals surface area contributed by atoms with Crippen molar-refractivity contribution in [2.45, 2.75) is 13.0 Å². The predicted molar refractivity (Wildman–Crippen MR) is 97.9 cm³/mol. The molecule has 0 bridgehead atoms. The monoisotopic (exact) mass is 425 g/mol. The van der Waals surface area contributed by atoms with E-state index in [1.54, 1.807) is 19.2 Å². The van der Waals surface area contributed by atoms with E-state index >= 15 is 0 Å². The van der Waals surface area contributed by atoms with E-state index in [1.807, 2.05) is 12.1 Å². The average Bonchev–Trinajstić information content (AvgIpc) is 3.09. The summed E-state index contributed by atoms with van der Waals surface area (Å²) < 4.78 is 15.8. The van der Waals surface area contributed by atoms with Gasteiger partial charge in [-0.2, -0.15) is 0 Å². The minimum absolute atomic E-state index is 0.0618. The van der Waals surface area contributed by atoms with Crippen LogP contribution in [0.3, 0.4) is 0 Å². The molecule has 2 rings (SSSR count). The van der Waals surface area contributed by atoms with Gasteiger partial charge in [-0.3, -0.25) is 0 Å². The van der Waals surface area contributed by atoms with Crippen LogP contribution >= 0.6 is 15.9 Å².